The first-order valence-electron chi connectivity index (χ1n) is 7.39. The molecule has 0 unspecified atom stereocenters. The van der Waals surface area contributed by atoms with Gasteiger partial charge in [-0.2, -0.15) is 0 Å². The molecule has 0 aliphatic rings. The Bertz CT molecular complexity index is 749. The number of nitrogens with one attached hydrogen (secondary N) is 1. The van der Waals surface area contributed by atoms with Gasteiger partial charge in [0.1, 0.15) is 10.8 Å². The number of halogens is 1. The molecule has 0 bridgehead atoms. The van der Waals surface area contributed by atoms with Crippen LogP contribution in [0.2, 0.25) is 5.02 Å². The zero-order chi connectivity index (χ0) is 17.5. The molecule has 0 spiro atoms. The number of nitrogens with zero attached hydrogens (tertiary/aromatic N) is 1. The number of aryl methyl sites for hydroxylation is 1. The number of nitro groups is 1. The lowest BCUT2D eigenvalue weighted by atomic mass is 10.2. The van der Waals surface area contributed by atoms with Crippen molar-refractivity contribution in [3.8, 4) is 5.75 Å². The molecule has 0 aliphatic carbocycles. The van der Waals surface area contributed by atoms with Gasteiger partial charge in [0, 0.05) is 18.2 Å². The highest BCUT2D eigenvalue weighted by molar-refractivity contribution is 6.32. The van der Waals surface area contributed by atoms with Crippen LogP contribution < -0.4 is 10.1 Å². The van der Waals surface area contributed by atoms with Crippen LogP contribution in [0.25, 0.3) is 0 Å². The normalized spacial score (nSPS) is 10.2. The van der Waals surface area contributed by atoms with Crippen LogP contribution in [0.3, 0.4) is 0 Å². The van der Waals surface area contributed by atoms with Gasteiger partial charge in [-0.3, -0.25) is 14.9 Å². The van der Waals surface area contributed by atoms with Crippen LogP contribution in [0.15, 0.2) is 42.5 Å². The van der Waals surface area contributed by atoms with Crippen LogP contribution >= 0.6 is 11.6 Å². The third-order valence-electron chi connectivity index (χ3n) is 3.33. The number of amides is 1. The SMILES string of the molecule is Cc1ccccc1OCCCC(=O)Nc1ccc(Cl)c([N+](=O)[O-])c1. The number of anilines is 1. The first-order valence-corrected chi connectivity index (χ1v) is 7.77. The van der Waals surface area contributed by atoms with Gasteiger partial charge in [0.25, 0.3) is 5.69 Å². The Morgan fingerprint density at radius 3 is 2.75 bits per heavy atom. The summed E-state index contributed by atoms with van der Waals surface area (Å²) in [6.07, 6.45) is 0.790. The van der Waals surface area contributed by atoms with Crippen molar-refractivity contribution in [2.45, 2.75) is 19.8 Å². The second kappa shape index (κ2) is 8.31. The lowest BCUT2D eigenvalue weighted by Crippen LogP contribution is -2.13. The van der Waals surface area contributed by atoms with E-state index in [-0.39, 0.29) is 23.0 Å². The van der Waals surface area contributed by atoms with E-state index in [1.807, 2.05) is 31.2 Å². The number of rotatable bonds is 7. The number of hydrogen-bond acceptors (Lipinski definition) is 4. The summed E-state index contributed by atoms with van der Waals surface area (Å²) in [5, 5.41) is 13.5. The van der Waals surface area contributed by atoms with Gasteiger partial charge in [-0.1, -0.05) is 29.8 Å². The van der Waals surface area contributed by atoms with Gasteiger partial charge >= 0.3 is 0 Å². The maximum Gasteiger partial charge on any atom is 0.289 e. The molecular weight excluding hydrogens is 332 g/mol. The van der Waals surface area contributed by atoms with E-state index in [1.54, 1.807) is 0 Å². The average molecular weight is 349 g/mol. The van der Waals surface area contributed by atoms with Gasteiger partial charge in [-0.15, -0.1) is 0 Å². The van der Waals surface area contributed by atoms with Crippen molar-refractivity contribution < 1.29 is 14.5 Å². The Morgan fingerprint density at radius 2 is 2.04 bits per heavy atom. The second-order valence-corrected chi connectivity index (χ2v) is 5.60. The molecule has 0 heterocycles. The van der Waals surface area contributed by atoms with Gasteiger partial charge in [-0.05, 0) is 37.1 Å². The van der Waals surface area contributed by atoms with Crippen LogP contribution in [-0.4, -0.2) is 17.4 Å². The van der Waals surface area contributed by atoms with Crippen molar-refractivity contribution >= 4 is 28.9 Å². The number of ether oxygens (including phenoxy) is 1. The fourth-order valence-electron chi connectivity index (χ4n) is 2.09. The number of carbonyl (C=O) groups is 1. The first kappa shape index (κ1) is 17.7. The maximum absolute atomic E-state index is 11.9. The summed E-state index contributed by atoms with van der Waals surface area (Å²) in [7, 11) is 0. The molecule has 2 aromatic rings. The summed E-state index contributed by atoms with van der Waals surface area (Å²) < 4.78 is 5.62. The Kier molecular flexibility index (Phi) is 6.14. The van der Waals surface area contributed by atoms with Crippen LogP contribution in [0.4, 0.5) is 11.4 Å². The molecule has 1 N–H and O–H groups in total. The smallest absolute Gasteiger partial charge is 0.289 e. The van der Waals surface area contributed by atoms with Crippen molar-refractivity contribution in [2.24, 2.45) is 0 Å². The molecule has 126 valence electrons. The van der Waals surface area contributed by atoms with E-state index in [0.717, 1.165) is 11.3 Å². The van der Waals surface area contributed by atoms with Crippen LogP contribution in [0.5, 0.6) is 5.75 Å². The second-order valence-electron chi connectivity index (χ2n) is 5.19. The summed E-state index contributed by atoms with van der Waals surface area (Å²) in [5.41, 5.74) is 1.14. The fourth-order valence-corrected chi connectivity index (χ4v) is 2.27. The van der Waals surface area contributed by atoms with Gasteiger partial charge < -0.3 is 10.1 Å². The van der Waals surface area contributed by atoms with Gasteiger partial charge in [0.15, 0.2) is 0 Å². The van der Waals surface area contributed by atoms with E-state index < -0.39 is 4.92 Å². The Labute approximate surface area is 144 Å². The van der Waals surface area contributed by atoms with E-state index in [2.05, 4.69) is 5.32 Å². The molecule has 1 amide bonds. The minimum atomic E-state index is -0.589. The molecule has 0 fully saturated rings. The predicted molar refractivity (Wildman–Crippen MR) is 92.6 cm³/mol. The molecule has 2 rings (SSSR count). The lowest BCUT2D eigenvalue weighted by Gasteiger charge is -2.09. The highest BCUT2D eigenvalue weighted by Gasteiger charge is 2.13. The summed E-state index contributed by atoms with van der Waals surface area (Å²) in [4.78, 5) is 22.1. The van der Waals surface area contributed by atoms with Crippen molar-refractivity contribution in [1.29, 1.82) is 0 Å². The van der Waals surface area contributed by atoms with Crippen molar-refractivity contribution in [3.05, 3.63) is 63.2 Å². The van der Waals surface area contributed by atoms with E-state index in [4.69, 9.17) is 16.3 Å². The lowest BCUT2D eigenvalue weighted by molar-refractivity contribution is -0.384. The zero-order valence-corrected chi connectivity index (χ0v) is 13.9. The van der Waals surface area contributed by atoms with Crippen LogP contribution in [0, 0.1) is 17.0 Å². The summed E-state index contributed by atoms with van der Waals surface area (Å²) in [6.45, 7) is 2.37. The van der Waals surface area contributed by atoms with E-state index in [9.17, 15) is 14.9 Å². The standard InChI is InChI=1S/C17H17ClN2O4/c1-12-5-2-3-6-16(12)24-10-4-7-17(21)19-13-8-9-14(18)15(11-13)20(22)23/h2-3,5-6,8-9,11H,4,7,10H2,1H3,(H,19,21). The maximum atomic E-state index is 11.9. The van der Waals surface area contributed by atoms with Gasteiger partial charge in [0.2, 0.25) is 5.91 Å². The Balaban J connectivity index is 1.80. The summed E-state index contributed by atoms with van der Waals surface area (Å²) >= 11 is 5.73. The molecule has 0 saturated heterocycles. The Morgan fingerprint density at radius 1 is 1.29 bits per heavy atom. The molecular formula is C17H17ClN2O4. The minimum Gasteiger partial charge on any atom is -0.493 e. The number of benzene rings is 2. The molecule has 0 atom stereocenters. The predicted octanol–water partition coefficient (Wildman–Crippen LogP) is 4.35. The van der Waals surface area contributed by atoms with Crippen LogP contribution in [0.1, 0.15) is 18.4 Å². The first-order chi connectivity index (χ1) is 11.5. The molecule has 7 heteroatoms. The van der Waals surface area contributed by atoms with Gasteiger partial charge in [-0.25, -0.2) is 0 Å². The third kappa shape index (κ3) is 4.96. The average Bonchev–Trinajstić information content (AvgIpc) is 2.54. The molecule has 6 nitrogen and oxygen atoms in total. The monoisotopic (exact) mass is 348 g/mol. The van der Waals surface area contributed by atoms with Crippen molar-refractivity contribution in [3.63, 3.8) is 0 Å². The van der Waals surface area contributed by atoms with Crippen LogP contribution in [-0.2, 0) is 4.79 Å². The van der Waals surface area contributed by atoms with Crippen molar-refractivity contribution in [2.75, 3.05) is 11.9 Å². The number of nitro benzene ring substituents is 1. The zero-order valence-electron chi connectivity index (χ0n) is 13.1. The molecule has 0 radical (unpaired) electrons. The van der Waals surface area contributed by atoms with E-state index in [0.29, 0.717) is 18.7 Å². The highest BCUT2D eigenvalue weighted by Crippen LogP contribution is 2.27. The summed E-state index contributed by atoms with van der Waals surface area (Å²) in [6, 6.07) is 11.8. The van der Waals surface area contributed by atoms with Gasteiger partial charge in [0.05, 0.1) is 11.5 Å². The number of carbonyl (C=O) groups excluding carboxylic acids is 1. The highest BCUT2D eigenvalue weighted by atomic mass is 35.5. The molecule has 2 aromatic carbocycles. The number of hydrogen-bond donors (Lipinski definition) is 1. The largest absolute Gasteiger partial charge is 0.493 e. The quantitative estimate of drug-likeness (QED) is 0.458. The fraction of sp³-hybridized carbons (Fsp3) is 0.235. The minimum absolute atomic E-state index is 0.0321. The molecule has 24 heavy (non-hydrogen) atoms. The summed E-state index contributed by atoms with van der Waals surface area (Å²) in [5.74, 6) is 0.561. The molecule has 0 aromatic heterocycles. The molecule has 0 saturated carbocycles. The van der Waals surface area contributed by atoms with Crippen molar-refractivity contribution in [1.82, 2.24) is 0 Å². The Hall–Kier alpha value is -2.60. The molecule has 0 aliphatic heterocycles. The van der Waals surface area contributed by atoms with E-state index in [1.165, 1.54) is 18.2 Å². The topological polar surface area (TPSA) is 81.5 Å². The number of para-hydroxylation sites is 1. The van der Waals surface area contributed by atoms with E-state index >= 15 is 0 Å². The third-order valence-corrected chi connectivity index (χ3v) is 3.65.